The van der Waals surface area contributed by atoms with E-state index in [0.29, 0.717) is 41.7 Å². The fourth-order valence-corrected chi connectivity index (χ4v) is 5.68. The molecule has 0 aliphatic carbocycles. The van der Waals surface area contributed by atoms with Gasteiger partial charge in [-0.25, -0.2) is 12.8 Å². The number of piperidine rings is 1. The largest absolute Gasteiger partial charge is 0.467 e. The molecule has 33 heavy (non-hydrogen) atoms. The van der Waals surface area contributed by atoms with Crippen LogP contribution in [0.5, 0.6) is 5.75 Å². The van der Waals surface area contributed by atoms with Crippen molar-refractivity contribution in [3.8, 4) is 5.75 Å². The number of esters is 1. The van der Waals surface area contributed by atoms with Crippen molar-refractivity contribution in [1.82, 2.24) is 4.31 Å². The van der Waals surface area contributed by atoms with Crippen LogP contribution in [0.15, 0.2) is 41.3 Å². The first kappa shape index (κ1) is 23.3. The van der Waals surface area contributed by atoms with Crippen molar-refractivity contribution in [1.29, 1.82) is 0 Å². The molecule has 0 N–H and O–H groups in total. The topological polar surface area (TPSA) is 99.2 Å². The molecule has 2 aromatic carbocycles. The summed E-state index contributed by atoms with van der Waals surface area (Å²) in [6, 6.07) is 7.15. The molecule has 176 valence electrons. The van der Waals surface area contributed by atoms with Gasteiger partial charge in [-0.15, -0.1) is 0 Å². The van der Waals surface area contributed by atoms with E-state index in [1.165, 1.54) is 43.3 Å². The molecule has 0 amide bonds. The first-order valence-corrected chi connectivity index (χ1v) is 12.0. The van der Waals surface area contributed by atoms with E-state index >= 15 is 0 Å². The lowest BCUT2D eigenvalue weighted by molar-refractivity contribution is -0.150. The maximum atomic E-state index is 14.0. The molecule has 4 rings (SSSR count). The molecule has 1 atom stereocenters. The van der Waals surface area contributed by atoms with E-state index < -0.39 is 27.9 Å². The zero-order valence-corrected chi connectivity index (χ0v) is 18.9. The second-order valence-electron chi connectivity index (χ2n) is 7.98. The monoisotopic (exact) mass is 477 g/mol. The average Bonchev–Trinajstić information content (AvgIpc) is 2.82. The van der Waals surface area contributed by atoms with Gasteiger partial charge in [0, 0.05) is 23.2 Å². The minimum atomic E-state index is -3.98. The smallest absolute Gasteiger partial charge is 0.324 e. The lowest BCUT2D eigenvalue weighted by Crippen LogP contribution is -2.48. The molecule has 0 aromatic heterocycles. The number of Topliss-reactive ketones (excluding diaryl/α,β-unsaturated/α-hetero) is 1. The fourth-order valence-electron chi connectivity index (χ4n) is 4.03. The summed E-state index contributed by atoms with van der Waals surface area (Å²) < 4.78 is 57.6. The Hall–Kier alpha value is -2.82. The number of hydrogen-bond donors (Lipinski definition) is 0. The number of carbonyl (C=O) groups excluding carboxylic acids is 2. The van der Waals surface area contributed by atoms with Gasteiger partial charge in [-0.3, -0.25) is 9.59 Å². The highest BCUT2D eigenvalue weighted by atomic mass is 32.2. The van der Waals surface area contributed by atoms with Gasteiger partial charge in [0.15, 0.2) is 12.6 Å². The predicted molar refractivity (Wildman–Crippen MR) is 114 cm³/mol. The summed E-state index contributed by atoms with van der Waals surface area (Å²) in [6.45, 7) is 1.51. The number of ketones is 1. The zero-order chi connectivity index (χ0) is 23.6. The Labute approximate surface area is 191 Å². The molecule has 0 saturated carbocycles. The quantitative estimate of drug-likeness (QED) is 0.465. The van der Waals surface area contributed by atoms with E-state index in [1.807, 2.05) is 0 Å². The third kappa shape index (κ3) is 4.92. The van der Waals surface area contributed by atoms with Gasteiger partial charge < -0.3 is 14.2 Å². The van der Waals surface area contributed by atoms with Crippen molar-refractivity contribution in [2.24, 2.45) is 0 Å². The molecule has 2 aliphatic heterocycles. The molecular formula is C23H24FNO7S. The number of carbonyl (C=O) groups is 2. The van der Waals surface area contributed by atoms with Crippen LogP contribution in [0, 0.1) is 5.82 Å². The lowest BCUT2D eigenvalue weighted by Gasteiger charge is -2.33. The Morgan fingerprint density at radius 1 is 1.18 bits per heavy atom. The highest BCUT2D eigenvalue weighted by Gasteiger charge is 2.38. The number of ether oxygens (including phenoxy) is 3. The first-order valence-electron chi connectivity index (χ1n) is 10.6. The van der Waals surface area contributed by atoms with Gasteiger partial charge in [-0.05, 0) is 50.5 Å². The van der Waals surface area contributed by atoms with E-state index in [0.717, 1.165) is 4.31 Å². The number of sulfonamides is 1. The van der Waals surface area contributed by atoms with E-state index in [1.54, 1.807) is 0 Å². The molecule has 2 aromatic rings. The second-order valence-corrected chi connectivity index (χ2v) is 9.87. The molecule has 2 heterocycles. The van der Waals surface area contributed by atoms with E-state index in [9.17, 15) is 22.4 Å². The highest BCUT2D eigenvalue weighted by molar-refractivity contribution is 7.89. The van der Waals surface area contributed by atoms with E-state index in [2.05, 4.69) is 0 Å². The van der Waals surface area contributed by atoms with Crippen LogP contribution in [0.2, 0.25) is 0 Å². The number of nitrogens with zero attached hydrogens (tertiary/aromatic N) is 1. The molecular weight excluding hydrogens is 453 g/mol. The Bertz CT molecular complexity index is 1160. The van der Waals surface area contributed by atoms with Gasteiger partial charge in [0.05, 0.1) is 11.5 Å². The Balaban J connectivity index is 1.52. The zero-order valence-electron chi connectivity index (χ0n) is 18.1. The van der Waals surface area contributed by atoms with Crippen molar-refractivity contribution in [3.63, 3.8) is 0 Å². The van der Waals surface area contributed by atoms with Crippen LogP contribution < -0.4 is 4.74 Å². The summed E-state index contributed by atoms with van der Waals surface area (Å²) in [5.74, 6) is -0.976. The van der Waals surface area contributed by atoms with Crippen molar-refractivity contribution < 1.29 is 36.6 Å². The number of rotatable bonds is 6. The molecule has 0 spiro atoms. The van der Waals surface area contributed by atoms with Gasteiger partial charge in [0.1, 0.15) is 24.2 Å². The maximum Gasteiger partial charge on any atom is 0.324 e. The van der Waals surface area contributed by atoms with Crippen LogP contribution >= 0.6 is 0 Å². The van der Waals surface area contributed by atoms with E-state index in [4.69, 9.17) is 14.2 Å². The molecule has 1 fully saturated rings. The van der Waals surface area contributed by atoms with Crippen molar-refractivity contribution >= 4 is 21.8 Å². The van der Waals surface area contributed by atoms with Gasteiger partial charge >= 0.3 is 5.97 Å². The summed E-state index contributed by atoms with van der Waals surface area (Å²) in [5.41, 5.74) is 1.27. The standard InChI is InChI=1S/C23H24FNO7S/c1-15(26)16-5-7-20(8-6-16)33(28,29)25-9-3-2-4-21(25)23(27)31-13-18-11-19(24)10-17-12-30-14-32-22(17)18/h5-8,10-11,21H,2-4,9,12-14H2,1H3. The van der Waals surface area contributed by atoms with Gasteiger partial charge in [0.2, 0.25) is 10.0 Å². The molecule has 1 unspecified atom stereocenters. The van der Waals surface area contributed by atoms with Crippen molar-refractivity contribution in [3.05, 3.63) is 58.9 Å². The Kier molecular flexibility index (Phi) is 6.78. The summed E-state index contributed by atoms with van der Waals surface area (Å²) in [4.78, 5) is 24.4. The Morgan fingerprint density at radius 3 is 2.67 bits per heavy atom. The molecule has 0 radical (unpaired) electrons. The third-order valence-corrected chi connectivity index (χ3v) is 7.64. The molecule has 10 heteroatoms. The van der Waals surface area contributed by atoms with Crippen molar-refractivity contribution in [2.75, 3.05) is 13.3 Å². The lowest BCUT2D eigenvalue weighted by atomic mass is 10.1. The average molecular weight is 478 g/mol. The molecule has 8 nitrogen and oxygen atoms in total. The fraction of sp³-hybridized carbons (Fsp3) is 0.391. The highest BCUT2D eigenvalue weighted by Crippen LogP contribution is 2.31. The van der Waals surface area contributed by atoms with Gasteiger partial charge in [-0.1, -0.05) is 12.1 Å². The van der Waals surface area contributed by atoms with Crippen LogP contribution in [-0.2, 0) is 37.5 Å². The summed E-state index contributed by atoms with van der Waals surface area (Å²) in [7, 11) is -3.98. The number of hydrogen-bond acceptors (Lipinski definition) is 7. The first-order chi connectivity index (χ1) is 15.8. The third-order valence-electron chi connectivity index (χ3n) is 5.71. The Morgan fingerprint density at radius 2 is 1.94 bits per heavy atom. The van der Waals surface area contributed by atoms with Crippen LogP contribution in [0.25, 0.3) is 0 Å². The molecule has 2 aliphatic rings. The number of benzene rings is 2. The van der Waals surface area contributed by atoms with Crippen LogP contribution in [0.1, 0.15) is 47.7 Å². The van der Waals surface area contributed by atoms with Gasteiger partial charge in [-0.2, -0.15) is 4.31 Å². The van der Waals surface area contributed by atoms with Crippen LogP contribution in [-0.4, -0.2) is 43.9 Å². The normalized spacial score (nSPS) is 18.8. The molecule has 1 saturated heterocycles. The SMILES string of the molecule is CC(=O)c1ccc(S(=O)(=O)N2CCCCC2C(=O)OCc2cc(F)cc3c2OCOC3)cc1. The summed E-state index contributed by atoms with van der Waals surface area (Å²) in [5, 5.41) is 0. The maximum absolute atomic E-state index is 14.0. The van der Waals surface area contributed by atoms with E-state index in [-0.39, 0.29) is 37.2 Å². The van der Waals surface area contributed by atoms with Crippen LogP contribution in [0.4, 0.5) is 4.39 Å². The molecule has 0 bridgehead atoms. The summed E-state index contributed by atoms with van der Waals surface area (Å²) in [6.07, 6.45) is 1.60. The summed E-state index contributed by atoms with van der Waals surface area (Å²) >= 11 is 0. The second kappa shape index (κ2) is 9.58. The van der Waals surface area contributed by atoms with Crippen LogP contribution in [0.3, 0.4) is 0 Å². The minimum absolute atomic E-state index is 0.000185. The number of halogens is 1. The van der Waals surface area contributed by atoms with Crippen molar-refractivity contribution in [2.45, 2.75) is 50.3 Å². The minimum Gasteiger partial charge on any atom is -0.467 e. The van der Waals surface area contributed by atoms with Gasteiger partial charge in [0.25, 0.3) is 0 Å². The predicted octanol–water partition coefficient (Wildman–Crippen LogP) is 3.18. The number of fused-ring (bicyclic) bond motifs is 1.